The Morgan fingerprint density at radius 2 is 1.32 bits per heavy atom. The van der Waals surface area contributed by atoms with Crippen molar-refractivity contribution in [3.8, 4) is 16.9 Å². The van der Waals surface area contributed by atoms with Crippen LogP contribution < -0.4 is 4.74 Å². The van der Waals surface area contributed by atoms with Crippen LogP contribution in [0.25, 0.3) is 16.7 Å². The van der Waals surface area contributed by atoms with Gasteiger partial charge >= 0.3 is 0 Å². The summed E-state index contributed by atoms with van der Waals surface area (Å²) in [5.41, 5.74) is 5.49. The Morgan fingerprint density at radius 1 is 0.710 bits per heavy atom. The number of rotatable bonds is 13. The van der Waals surface area contributed by atoms with Gasteiger partial charge in [0.05, 0.1) is 6.61 Å². The number of benzene rings is 2. The quantitative estimate of drug-likeness (QED) is 0.294. The van der Waals surface area contributed by atoms with Crippen molar-refractivity contribution in [2.24, 2.45) is 5.92 Å². The Balaban J connectivity index is 1.48. The molecule has 0 aliphatic heterocycles. The molecule has 1 nitrogen and oxygen atoms in total. The number of hydrogen-bond donors (Lipinski definition) is 0. The first kappa shape index (κ1) is 23.6. The lowest BCUT2D eigenvalue weighted by Crippen LogP contribution is -2.05. The predicted octanol–water partition coefficient (Wildman–Crippen LogP) is 9.47. The van der Waals surface area contributed by atoms with E-state index in [2.05, 4.69) is 68.5 Å². The van der Waals surface area contributed by atoms with Crippen LogP contribution in [0.4, 0.5) is 0 Å². The molecule has 0 heterocycles. The zero-order valence-corrected chi connectivity index (χ0v) is 19.9. The number of allylic oxidation sites excluding steroid dienone is 2. The lowest BCUT2D eigenvalue weighted by Gasteiger charge is -2.22. The van der Waals surface area contributed by atoms with Crippen molar-refractivity contribution in [1.82, 2.24) is 0 Å². The van der Waals surface area contributed by atoms with Crippen LogP contribution in [0.3, 0.4) is 0 Å². The standard InChI is InChI=1S/C30H42O/c1-3-5-7-9-11-25-12-14-26(15-13-25)27-16-18-28(19-17-27)29-20-22-30(23-21-29)31-24-10-8-6-4-2/h14,16-23,25H,3-13,15,24H2,1-2H3. The van der Waals surface area contributed by atoms with E-state index in [0.29, 0.717) is 0 Å². The van der Waals surface area contributed by atoms with Gasteiger partial charge in [-0.1, -0.05) is 108 Å². The fraction of sp³-hybridized carbons (Fsp3) is 0.533. The molecular weight excluding hydrogens is 376 g/mol. The molecule has 0 saturated heterocycles. The highest BCUT2D eigenvalue weighted by Gasteiger charge is 2.15. The number of unbranched alkanes of at least 4 members (excludes halogenated alkanes) is 6. The monoisotopic (exact) mass is 418 g/mol. The Labute approximate surface area is 190 Å². The lowest BCUT2D eigenvalue weighted by atomic mass is 9.83. The zero-order chi connectivity index (χ0) is 21.7. The number of ether oxygens (including phenoxy) is 1. The second kappa shape index (κ2) is 13.4. The summed E-state index contributed by atoms with van der Waals surface area (Å²) in [5, 5.41) is 0. The fourth-order valence-electron chi connectivity index (χ4n) is 4.61. The molecule has 2 aromatic rings. The number of hydrogen-bond acceptors (Lipinski definition) is 1. The van der Waals surface area contributed by atoms with Gasteiger partial charge in [0.25, 0.3) is 0 Å². The van der Waals surface area contributed by atoms with E-state index >= 15 is 0 Å². The van der Waals surface area contributed by atoms with E-state index in [9.17, 15) is 0 Å². The SMILES string of the molecule is CCCCCCOc1ccc(-c2ccc(C3=CCC(CCCCCC)CC3)cc2)cc1. The van der Waals surface area contributed by atoms with Crippen LogP contribution in [0.2, 0.25) is 0 Å². The average molecular weight is 419 g/mol. The normalized spacial score (nSPS) is 16.2. The molecule has 0 radical (unpaired) electrons. The second-order valence-electron chi connectivity index (χ2n) is 9.23. The predicted molar refractivity (Wildman–Crippen MR) is 136 cm³/mol. The highest BCUT2D eigenvalue weighted by Crippen LogP contribution is 2.34. The molecule has 0 fully saturated rings. The lowest BCUT2D eigenvalue weighted by molar-refractivity contribution is 0.305. The molecule has 1 atom stereocenters. The van der Waals surface area contributed by atoms with Crippen LogP contribution in [-0.4, -0.2) is 6.61 Å². The van der Waals surface area contributed by atoms with Gasteiger partial charge in [0.1, 0.15) is 5.75 Å². The molecular formula is C30H42O. The fourth-order valence-corrected chi connectivity index (χ4v) is 4.61. The topological polar surface area (TPSA) is 9.23 Å². The summed E-state index contributed by atoms with van der Waals surface area (Å²) in [6, 6.07) is 17.7. The third-order valence-electron chi connectivity index (χ3n) is 6.70. The maximum Gasteiger partial charge on any atom is 0.119 e. The van der Waals surface area contributed by atoms with Crippen LogP contribution in [-0.2, 0) is 0 Å². The second-order valence-corrected chi connectivity index (χ2v) is 9.23. The molecule has 0 N–H and O–H groups in total. The van der Waals surface area contributed by atoms with Crippen LogP contribution in [0.1, 0.15) is 96.5 Å². The van der Waals surface area contributed by atoms with Crippen LogP contribution in [0.15, 0.2) is 54.6 Å². The Bertz CT molecular complexity index is 769. The van der Waals surface area contributed by atoms with Crippen molar-refractivity contribution in [2.45, 2.75) is 90.9 Å². The van der Waals surface area contributed by atoms with Crippen LogP contribution in [0.5, 0.6) is 5.75 Å². The first-order valence-corrected chi connectivity index (χ1v) is 12.8. The Hall–Kier alpha value is -2.02. The molecule has 168 valence electrons. The molecule has 1 heteroatoms. The van der Waals surface area contributed by atoms with Gasteiger partial charge in [0.15, 0.2) is 0 Å². The van der Waals surface area contributed by atoms with Gasteiger partial charge in [0.2, 0.25) is 0 Å². The Morgan fingerprint density at radius 3 is 1.94 bits per heavy atom. The van der Waals surface area contributed by atoms with Crippen molar-refractivity contribution < 1.29 is 4.74 Å². The molecule has 0 aromatic heterocycles. The van der Waals surface area contributed by atoms with Gasteiger partial charge in [-0.05, 0) is 66.0 Å². The van der Waals surface area contributed by atoms with Gasteiger partial charge in [-0.3, -0.25) is 0 Å². The van der Waals surface area contributed by atoms with Gasteiger partial charge in [-0.2, -0.15) is 0 Å². The summed E-state index contributed by atoms with van der Waals surface area (Å²) in [5.74, 6) is 1.89. The molecule has 0 saturated carbocycles. The molecule has 0 spiro atoms. The minimum atomic E-state index is 0.822. The average Bonchev–Trinajstić information content (AvgIpc) is 2.83. The summed E-state index contributed by atoms with van der Waals surface area (Å²) in [6.07, 6.45) is 18.3. The summed E-state index contributed by atoms with van der Waals surface area (Å²) < 4.78 is 5.88. The van der Waals surface area contributed by atoms with Gasteiger partial charge in [-0.15, -0.1) is 0 Å². The minimum absolute atomic E-state index is 0.822. The summed E-state index contributed by atoms with van der Waals surface area (Å²) in [6.45, 7) is 5.35. The van der Waals surface area contributed by atoms with E-state index in [1.165, 1.54) is 87.3 Å². The molecule has 0 bridgehead atoms. The maximum atomic E-state index is 5.88. The van der Waals surface area contributed by atoms with Crippen molar-refractivity contribution in [2.75, 3.05) is 6.61 Å². The first-order chi connectivity index (χ1) is 15.3. The molecule has 0 amide bonds. The molecule has 3 rings (SSSR count). The third kappa shape index (κ3) is 7.87. The third-order valence-corrected chi connectivity index (χ3v) is 6.70. The van der Waals surface area contributed by atoms with Gasteiger partial charge in [0, 0.05) is 0 Å². The van der Waals surface area contributed by atoms with E-state index in [1.54, 1.807) is 5.57 Å². The van der Waals surface area contributed by atoms with Crippen molar-refractivity contribution >= 4 is 5.57 Å². The molecule has 2 aromatic carbocycles. The van der Waals surface area contributed by atoms with E-state index in [-0.39, 0.29) is 0 Å². The summed E-state index contributed by atoms with van der Waals surface area (Å²) in [7, 11) is 0. The van der Waals surface area contributed by atoms with Crippen molar-refractivity contribution in [3.63, 3.8) is 0 Å². The molecule has 1 aliphatic rings. The van der Waals surface area contributed by atoms with Crippen LogP contribution >= 0.6 is 0 Å². The van der Waals surface area contributed by atoms with Crippen molar-refractivity contribution in [1.29, 1.82) is 0 Å². The largest absolute Gasteiger partial charge is 0.494 e. The van der Waals surface area contributed by atoms with E-state index in [1.807, 2.05) is 0 Å². The maximum absolute atomic E-state index is 5.88. The van der Waals surface area contributed by atoms with Gasteiger partial charge < -0.3 is 4.74 Å². The molecule has 31 heavy (non-hydrogen) atoms. The highest BCUT2D eigenvalue weighted by molar-refractivity contribution is 5.71. The van der Waals surface area contributed by atoms with Gasteiger partial charge in [-0.25, -0.2) is 0 Å². The first-order valence-electron chi connectivity index (χ1n) is 12.8. The zero-order valence-electron chi connectivity index (χ0n) is 19.9. The summed E-state index contributed by atoms with van der Waals surface area (Å²) >= 11 is 0. The van der Waals surface area contributed by atoms with E-state index in [4.69, 9.17) is 4.74 Å². The van der Waals surface area contributed by atoms with Crippen molar-refractivity contribution in [3.05, 3.63) is 60.2 Å². The summed E-state index contributed by atoms with van der Waals surface area (Å²) in [4.78, 5) is 0. The van der Waals surface area contributed by atoms with E-state index < -0.39 is 0 Å². The highest BCUT2D eigenvalue weighted by atomic mass is 16.5. The van der Waals surface area contributed by atoms with E-state index in [0.717, 1.165) is 24.7 Å². The molecule has 1 aliphatic carbocycles. The smallest absolute Gasteiger partial charge is 0.119 e. The molecule has 1 unspecified atom stereocenters. The minimum Gasteiger partial charge on any atom is -0.494 e. The van der Waals surface area contributed by atoms with Crippen LogP contribution in [0, 0.1) is 5.92 Å². The Kier molecular flexibility index (Phi) is 10.2.